The molecule has 4 heteroatoms. The van der Waals surface area contributed by atoms with Crippen LogP contribution in [0.4, 0.5) is 0 Å². The van der Waals surface area contributed by atoms with Crippen molar-refractivity contribution in [1.29, 1.82) is 0 Å². The van der Waals surface area contributed by atoms with E-state index in [0.717, 1.165) is 0 Å². The first-order valence-corrected chi connectivity index (χ1v) is 4.03. The van der Waals surface area contributed by atoms with E-state index in [0.29, 0.717) is 32.5 Å². The van der Waals surface area contributed by atoms with Crippen molar-refractivity contribution in [3.05, 3.63) is 0 Å². The van der Waals surface area contributed by atoms with Crippen molar-refractivity contribution in [3.63, 3.8) is 0 Å². The Kier molecular flexibility index (Phi) is 4.56. The molecule has 1 atom stereocenters. The molecule has 1 aliphatic rings. The lowest BCUT2D eigenvalue weighted by atomic mass is 10.5. The van der Waals surface area contributed by atoms with Gasteiger partial charge in [0, 0.05) is 19.5 Å². The molecule has 0 aromatic carbocycles. The molecule has 0 amide bonds. The summed E-state index contributed by atoms with van der Waals surface area (Å²) in [6.45, 7) is 2.53. The van der Waals surface area contributed by atoms with Crippen LogP contribution in [0, 0.1) is 0 Å². The van der Waals surface area contributed by atoms with Gasteiger partial charge in [-0.15, -0.1) is 0 Å². The topological polar surface area (TPSA) is 43.2 Å². The van der Waals surface area contributed by atoms with Gasteiger partial charge < -0.3 is 9.47 Å². The summed E-state index contributed by atoms with van der Waals surface area (Å²) in [4.78, 5) is 7.72. The second-order valence-electron chi connectivity index (χ2n) is 2.46. The molecule has 0 saturated carbocycles. The summed E-state index contributed by atoms with van der Waals surface area (Å²) < 4.78 is 10.4. The molecule has 0 bridgehead atoms. The first-order valence-electron chi connectivity index (χ1n) is 4.03. The molecule has 68 valence electrons. The van der Waals surface area contributed by atoms with Gasteiger partial charge in [-0.05, 0) is 0 Å². The van der Waals surface area contributed by atoms with Crippen molar-refractivity contribution in [2.75, 3.05) is 33.5 Å². The van der Waals surface area contributed by atoms with Crippen LogP contribution < -0.4 is 0 Å². The number of ether oxygens (including phenoxy) is 2. The molecule has 4 nitrogen and oxygen atoms in total. The minimum atomic E-state index is 0.349. The summed E-state index contributed by atoms with van der Waals surface area (Å²) in [5.41, 5.74) is 0. The van der Waals surface area contributed by atoms with E-state index >= 15 is 0 Å². The Morgan fingerprint density at radius 3 is 2.92 bits per heavy atom. The van der Waals surface area contributed by atoms with E-state index in [9.17, 15) is 0 Å². The number of rotatable bonds is 7. The highest BCUT2D eigenvalue weighted by atomic mass is 16.5. The number of hydrogen-bond acceptors (Lipinski definition) is 4. The predicted molar refractivity (Wildman–Crippen MR) is 48.3 cm³/mol. The molecule has 0 spiro atoms. The molecule has 0 N–H and O–H groups in total. The minimum Gasteiger partial charge on any atom is -0.376 e. The largest absolute Gasteiger partial charge is 0.376 e. The van der Waals surface area contributed by atoms with E-state index in [1.54, 1.807) is 13.3 Å². The van der Waals surface area contributed by atoms with Crippen LogP contribution in [0.5, 0.6) is 0 Å². The minimum absolute atomic E-state index is 0.349. The third-order valence-electron chi connectivity index (χ3n) is 1.40. The van der Waals surface area contributed by atoms with E-state index in [1.807, 2.05) is 6.21 Å². The molecule has 12 heavy (non-hydrogen) atoms. The quantitative estimate of drug-likeness (QED) is 0.404. The Hall–Kier alpha value is -0.740. The van der Waals surface area contributed by atoms with E-state index < -0.39 is 0 Å². The van der Waals surface area contributed by atoms with Crippen LogP contribution in [0.15, 0.2) is 9.98 Å². The second-order valence-corrected chi connectivity index (χ2v) is 2.46. The lowest BCUT2D eigenvalue weighted by Gasteiger charge is -2.01. The second kappa shape index (κ2) is 5.85. The average molecular weight is 170 g/mol. The Morgan fingerprint density at radius 2 is 2.25 bits per heavy atom. The van der Waals surface area contributed by atoms with Gasteiger partial charge >= 0.3 is 0 Å². The summed E-state index contributed by atoms with van der Waals surface area (Å²) >= 11 is 0. The van der Waals surface area contributed by atoms with Crippen LogP contribution >= 0.6 is 0 Å². The average Bonchev–Trinajstić information content (AvgIpc) is 2.87. The van der Waals surface area contributed by atoms with Gasteiger partial charge in [-0.1, -0.05) is 0 Å². The summed E-state index contributed by atoms with van der Waals surface area (Å²) in [5, 5.41) is 0. The van der Waals surface area contributed by atoms with Gasteiger partial charge in [0.05, 0.1) is 26.4 Å². The maximum absolute atomic E-state index is 5.24. The zero-order valence-electron chi connectivity index (χ0n) is 7.27. The Morgan fingerprint density at radius 1 is 1.50 bits per heavy atom. The van der Waals surface area contributed by atoms with Gasteiger partial charge in [0.15, 0.2) is 0 Å². The van der Waals surface area contributed by atoms with Crippen molar-refractivity contribution >= 4 is 12.4 Å². The van der Waals surface area contributed by atoms with Gasteiger partial charge in [0.2, 0.25) is 0 Å². The number of nitrogens with zero attached hydrogens (tertiary/aromatic N) is 2. The highest BCUT2D eigenvalue weighted by Gasteiger charge is 2.11. The van der Waals surface area contributed by atoms with Gasteiger partial charge in [-0.3, -0.25) is 9.98 Å². The van der Waals surface area contributed by atoms with Gasteiger partial charge in [0.1, 0.15) is 6.04 Å². The maximum atomic E-state index is 5.24. The zero-order chi connectivity index (χ0) is 8.65. The van der Waals surface area contributed by atoms with Crippen LogP contribution in [0.25, 0.3) is 0 Å². The van der Waals surface area contributed by atoms with Gasteiger partial charge in [0.25, 0.3) is 0 Å². The molecule has 0 fully saturated rings. The first-order chi connectivity index (χ1) is 5.93. The van der Waals surface area contributed by atoms with E-state index in [2.05, 4.69) is 9.98 Å². The van der Waals surface area contributed by atoms with Crippen molar-refractivity contribution < 1.29 is 9.47 Å². The van der Waals surface area contributed by atoms with Crippen molar-refractivity contribution in [2.24, 2.45) is 9.98 Å². The van der Waals surface area contributed by atoms with Crippen LogP contribution in [0.2, 0.25) is 0 Å². The Bertz CT molecular complexity index is 162. The zero-order valence-corrected chi connectivity index (χ0v) is 7.27. The lowest BCUT2D eigenvalue weighted by molar-refractivity contribution is 0.0648. The highest BCUT2D eigenvalue weighted by molar-refractivity contribution is 5.77. The fourth-order valence-corrected chi connectivity index (χ4v) is 0.679. The fourth-order valence-electron chi connectivity index (χ4n) is 0.679. The number of aliphatic imine (C=N–C) groups is 2. The SMILES string of the molecule is CN=CCOCCOCC1C=N1. The van der Waals surface area contributed by atoms with Gasteiger partial charge in [-0.2, -0.15) is 0 Å². The van der Waals surface area contributed by atoms with Gasteiger partial charge in [-0.25, -0.2) is 0 Å². The van der Waals surface area contributed by atoms with E-state index in [-0.39, 0.29) is 0 Å². The third kappa shape index (κ3) is 4.98. The molecule has 1 rings (SSSR count). The van der Waals surface area contributed by atoms with Crippen LogP contribution in [0.3, 0.4) is 0 Å². The first kappa shape index (κ1) is 9.35. The molecule has 0 aromatic heterocycles. The van der Waals surface area contributed by atoms with E-state index in [1.165, 1.54) is 0 Å². The highest BCUT2D eigenvalue weighted by Crippen LogP contribution is 2.00. The van der Waals surface area contributed by atoms with Crippen LogP contribution in [-0.2, 0) is 9.47 Å². The Labute approximate surface area is 72.3 Å². The standard InChI is InChI=1S/C8H14N2O2/c1-9-2-3-11-4-5-12-7-8-6-10-8/h2,6,8H,3-5,7H2,1H3. The summed E-state index contributed by atoms with van der Waals surface area (Å²) in [7, 11) is 1.73. The van der Waals surface area contributed by atoms with E-state index in [4.69, 9.17) is 9.47 Å². The molecule has 0 radical (unpaired) electrons. The molecule has 1 heterocycles. The fraction of sp³-hybridized carbons (Fsp3) is 0.750. The van der Waals surface area contributed by atoms with Crippen molar-refractivity contribution in [1.82, 2.24) is 0 Å². The Balaban J connectivity index is 1.70. The monoisotopic (exact) mass is 170 g/mol. The van der Waals surface area contributed by atoms with Crippen LogP contribution in [0.1, 0.15) is 0 Å². The van der Waals surface area contributed by atoms with Crippen molar-refractivity contribution in [3.8, 4) is 0 Å². The van der Waals surface area contributed by atoms with Crippen LogP contribution in [-0.4, -0.2) is 51.9 Å². The molecule has 0 saturated heterocycles. The molecule has 1 unspecified atom stereocenters. The summed E-state index contributed by atoms with van der Waals surface area (Å²) in [6.07, 6.45) is 3.61. The molecule has 0 aliphatic carbocycles. The summed E-state index contributed by atoms with van der Waals surface area (Å²) in [5.74, 6) is 0. The predicted octanol–water partition coefficient (Wildman–Crippen LogP) is 0.173. The smallest absolute Gasteiger partial charge is 0.108 e. The lowest BCUT2D eigenvalue weighted by Crippen LogP contribution is -2.09. The maximum Gasteiger partial charge on any atom is 0.108 e. The molecular weight excluding hydrogens is 156 g/mol. The molecular formula is C8H14N2O2. The summed E-state index contributed by atoms with van der Waals surface area (Å²) in [6, 6.07) is 0.349. The number of hydrogen-bond donors (Lipinski definition) is 0. The molecule has 0 aromatic rings. The van der Waals surface area contributed by atoms with Crippen molar-refractivity contribution in [2.45, 2.75) is 6.04 Å². The third-order valence-corrected chi connectivity index (χ3v) is 1.40. The normalized spacial score (nSPS) is 20.6. The molecule has 1 aliphatic heterocycles.